The molecule has 3 aromatic rings. The Hall–Kier alpha value is -2.82. The topological polar surface area (TPSA) is 80.6 Å². The Labute approximate surface area is 108 Å². The first-order valence-corrected chi connectivity index (χ1v) is 5.73. The lowest BCUT2D eigenvalue weighted by atomic mass is 10.1. The van der Waals surface area contributed by atoms with Gasteiger partial charge in [-0.2, -0.15) is 0 Å². The quantitative estimate of drug-likeness (QED) is 0.734. The van der Waals surface area contributed by atoms with Crippen LogP contribution < -0.4 is 5.73 Å². The summed E-state index contributed by atoms with van der Waals surface area (Å²) in [6.45, 7) is 0. The van der Waals surface area contributed by atoms with Gasteiger partial charge in [0.05, 0.1) is 5.56 Å². The molecule has 0 aliphatic carbocycles. The monoisotopic (exact) mass is 253 g/mol. The standard InChI is InChI=1S/C14H11N3O2/c15-13-12(9-4-2-1-3-5-9)16-11-8-10(14(18)19)6-7-17(11)13/h1-8H,15H2,(H,18,19). The normalized spacial score (nSPS) is 10.7. The maximum absolute atomic E-state index is 10.9. The van der Waals surface area contributed by atoms with Gasteiger partial charge in [-0.3, -0.25) is 4.40 Å². The predicted octanol–water partition coefficient (Wildman–Crippen LogP) is 2.28. The van der Waals surface area contributed by atoms with E-state index in [1.807, 2.05) is 30.3 Å². The van der Waals surface area contributed by atoms with Crippen molar-refractivity contribution in [2.45, 2.75) is 0 Å². The molecule has 2 aromatic heterocycles. The minimum absolute atomic E-state index is 0.192. The first kappa shape index (κ1) is 11.3. The smallest absolute Gasteiger partial charge is 0.335 e. The highest BCUT2D eigenvalue weighted by Crippen LogP contribution is 2.26. The molecule has 3 rings (SSSR count). The Morgan fingerprint density at radius 2 is 1.95 bits per heavy atom. The van der Waals surface area contributed by atoms with Crippen molar-refractivity contribution in [2.75, 3.05) is 5.73 Å². The van der Waals surface area contributed by atoms with Crippen LogP contribution in [0, 0.1) is 0 Å². The number of imidazole rings is 1. The summed E-state index contributed by atoms with van der Waals surface area (Å²) in [4.78, 5) is 15.3. The fourth-order valence-electron chi connectivity index (χ4n) is 2.01. The predicted molar refractivity (Wildman–Crippen MR) is 72.0 cm³/mol. The number of nitrogens with two attached hydrogens (primary N) is 1. The van der Waals surface area contributed by atoms with E-state index in [2.05, 4.69) is 4.98 Å². The SMILES string of the molecule is Nc1c(-c2ccccc2)nc2cc(C(=O)O)ccn12. The van der Waals surface area contributed by atoms with Crippen LogP contribution in [0.3, 0.4) is 0 Å². The van der Waals surface area contributed by atoms with E-state index >= 15 is 0 Å². The van der Waals surface area contributed by atoms with E-state index in [9.17, 15) is 4.79 Å². The van der Waals surface area contributed by atoms with Crippen molar-refractivity contribution in [1.82, 2.24) is 9.38 Å². The summed E-state index contributed by atoms with van der Waals surface area (Å²) in [6, 6.07) is 12.6. The fourth-order valence-corrected chi connectivity index (χ4v) is 2.01. The Bertz CT molecular complexity index is 763. The van der Waals surface area contributed by atoms with Crippen molar-refractivity contribution >= 4 is 17.4 Å². The van der Waals surface area contributed by atoms with Gasteiger partial charge < -0.3 is 10.8 Å². The second kappa shape index (κ2) is 4.13. The van der Waals surface area contributed by atoms with Crippen molar-refractivity contribution < 1.29 is 9.90 Å². The molecule has 0 aliphatic heterocycles. The lowest BCUT2D eigenvalue weighted by Gasteiger charge is -1.99. The number of carbonyl (C=O) groups is 1. The fraction of sp³-hybridized carbons (Fsp3) is 0. The van der Waals surface area contributed by atoms with Gasteiger partial charge in [-0.15, -0.1) is 0 Å². The number of hydrogen-bond donors (Lipinski definition) is 2. The van der Waals surface area contributed by atoms with Gasteiger partial charge in [-0.25, -0.2) is 9.78 Å². The maximum Gasteiger partial charge on any atom is 0.335 e. The molecule has 0 spiro atoms. The van der Waals surface area contributed by atoms with Gasteiger partial charge in [-0.05, 0) is 12.1 Å². The van der Waals surface area contributed by atoms with Crippen LogP contribution in [0.5, 0.6) is 0 Å². The zero-order valence-corrected chi connectivity index (χ0v) is 9.95. The zero-order valence-electron chi connectivity index (χ0n) is 9.95. The van der Waals surface area contributed by atoms with Crippen LogP contribution in [0.15, 0.2) is 48.7 Å². The van der Waals surface area contributed by atoms with E-state index in [0.29, 0.717) is 17.2 Å². The molecule has 0 fully saturated rings. The molecule has 0 bridgehead atoms. The molecular formula is C14H11N3O2. The van der Waals surface area contributed by atoms with Gasteiger partial charge in [-0.1, -0.05) is 30.3 Å². The number of aromatic nitrogens is 2. The molecule has 5 nitrogen and oxygen atoms in total. The number of rotatable bonds is 2. The number of nitrogen functional groups attached to an aromatic ring is 1. The summed E-state index contributed by atoms with van der Waals surface area (Å²) < 4.78 is 1.68. The molecule has 5 heteroatoms. The van der Waals surface area contributed by atoms with Gasteiger partial charge in [0.25, 0.3) is 0 Å². The summed E-state index contributed by atoms with van der Waals surface area (Å²) in [7, 11) is 0. The minimum atomic E-state index is -0.981. The first-order chi connectivity index (χ1) is 9.16. The van der Waals surface area contributed by atoms with E-state index in [1.54, 1.807) is 10.6 Å². The number of nitrogens with zero attached hydrogens (tertiary/aromatic N) is 2. The average Bonchev–Trinajstić information content (AvgIpc) is 2.76. The molecule has 94 valence electrons. The summed E-state index contributed by atoms with van der Waals surface area (Å²) in [6.07, 6.45) is 1.62. The van der Waals surface area contributed by atoms with E-state index in [0.717, 1.165) is 5.56 Å². The number of carboxylic acid groups (broad SMARTS) is 1. The van der Waals surface area contributed by atoms with Gasteiger partial charge in [0, 0.05) is 11.8 Å². The molecule has 19 heavy (non-hydrogen) atoms. The third-order valence-electron chi connectivity index (χ3n) is 2.96. The Morgan fingerprint density at radius 3 is 2.63 bits per heavy atom. The molecule has 0 radical (unpaired) electrons. The number of aromatic carboxylic acids is 1. The second-order valence-corrected chi connectivity index (χ2v) is 4.16. The maximum atomic E-state index is 10.9. The molecule has 0 saturated carbocycles. The van der Waals surface area contributed by atoms with Crippen molar-refractivity contribution in [3.63, 3.8) is 0 Å². The van der Waals surface area contributed by atoms with Crippen LogP contribution >= 0.6 is 0 Å². The molecule has 0 aliphatic rings. The van der Waals surface area contributed by atoms with Crippen LogP contribution in [-0.2, 0) is 0 Å². The Balaban J connectivity index is 2.23. The van der Waals surface area contributed by atoms with Gasteiger partial charge >= 0.3 is 5.97 Å². The number of carboxylic acids is 1. The summed E-state index contributed by atoms with van der Waals surface area (Å²) >= 11 is 0. The number of fused-ring (bicyclic) bond motifs is 1. The van der Waals surface area contributed by atoms with E-state index < -0.39 is 5.97 Å². The average molecular weight is 253 g/mol. The molecule has 0 unspecified atom stereocenters. The van der Waals surface area contributed by atoms with E-state index in [-0.39, 0.29) is 5.56 Å². The largest absolute Gasteiger partial charge is 0.478 e. The molecule has 2 heterocycles. The van der Waals surface area contributed by atoms with Gasteiger partial charge in [0.1, 0.15) is 17.2 Å². The molecule has 0 amide bonds. The molecule has 1 aromatic carbocycles. The molecule has 0 atom stereocenters. The first-order valence-electron chi connectivity index (χ1n) is 5.73. The number of benzene rings is 1. The third kappa shape index (κ3) is 1.81. The highest BCUT2D eigenvalue weighted by Gasteiger charge is 2.12. The lowest BCUT2D eigenvalue weighted by Crippen LogP contribution is -1.99. The Morgan fingerprint density at radius 1 is 1.21 bits per heavy atom. The molecule has 0 saturated heterocycles. The summed E-state index contributed by atoms with van der Waals surface area (Å²) in [5, 5.41) is 8.97. The van der Waals surface area contributed by atoms with Gasteiger partial charge in [0.2, 0.25) is 0 Å². The van der Waals surface area contributed by atoms with Crippen molar-refractivity contribution in [3.05, 3.63) is 54.2 Å². The van der Waals surface area contributed by atoms with Gasteiger partial charge in [0.15, 0.2) is 0 Å². The second-order valence-electron chi connectivity index (χ2n) is 4.16. The van der Waals surface area contributed by atoms with Crippen LogP contribution in [0.2, 0.25) is 0 Å². The van der Waals surface area contributed by atoms with Crippen LogP contribution in [0.4, 0.5) is 5.82 Å². The third-order valence-corrected chi connectivity index (χ3v) is 2.96. The lowest BCUT2D eigenvalue weighted by molar-refractivity contribution is 0.0697. The number of anilines is 1. The van der Waals surface area contributed by atoms with Crippen LogP contribution in [-0.4, -0.2) is 20.5 Å². The molecular weight excluding hydrogens is 242 g/mol. The van der Waals surface area contributed by atoms with Crippen molar-refractivity contribution in [2.24, 2.45) is 0 Å². The van der Waals surface area contributed by atoms with Crippen molar-refractivity contribution in [1.29, 1.82) is 0 Å². The van der Waals surface area contributed by atoms with E-state index in [1.165, 1.54) is 12.1 Å². The molecule has 3 N–H and O–H groups in total. The summed E-state index contributed by atoms with van der Waals surface area (Å²) in [5.74, 6) is -0.483. The highest BCUT2D eigenvalue weighted by atomic mass is 16.4. The zero-order chi connectivity index (χ0) is 13.4. The minimum Gasteiger partial charge on any atom is -0.478 e. The number of hydrogen-bond acceptors (Lipinski definition) is 3. The van der Waals surface area contributed by atoms with E-state index in [4.69, 9.17) is 10.8 Å². The van der Waals surface area contributed by atoms with Crippen molar-refractivity contribution in [3.8, 4) is 11.3 Å². The summed E-state index contributed by atoms with van der Waals surface area (Å²) in [5.41, 5.74) is 8.33. The number of pyridine rings is 1. The van der Waals surface area contributed by atoms with Crippen LogP contribution in [0.1, 0.15) is 10.4 Å². The highest BCUT2D eigenvalue weighted by molar-refractivity contribution is 5.89. The Kier molecular flexibility index (Phi) is 2.45. The van der Waals surface area contributed by atoms with Crippen LogP contribution in [0.25, 0.3) is 16.9 Å².